The number of morpholine rings is 1. The largest absolute Gasteiger partial charge is 0.465 e. The van der Waals surface area contributed by atoms with E-state index >= 15 is 0 Å². The summed E-state index contributed by atoms with van der Waals surface area (Å²) in [5.41, 5.74) is 1.18. The Morgan fingerprint density at radius 3 is 2.56 bits per heavy atom. The first kappa shape index (κ1) is 23.3. The van der Waals surface area contributed by atoms with E-state index in [0.29, 0.717) is 48.8 Å². The highest BCUT2D eigenvalue weighted by Crippen LogP contribution is 2.28. The minimum absolute atomic E-state index is 0.104. The maximum atomic E-state index is 14.8. The standard InChI is InChI=1S/C25H23F2N3O4/c1-33-25(32)23-19(3-2-4-20(23)26)16-5-6-17(21(27)13-16)14-28-22-8-7-18(15-29-22)24(31)30-9-11-34-12-10-30/h2-8,13,15H,9-12,14H2,1H3,(H,28,29). The molecule has 0 saturated carbocycles. The summed E-state index contributed by atoms with van der Waals surface area (Å²) in [5.74, 6) is -1.71. The predicted octanol–water partition coefficient (Wildman–Crippen LogP) is 3.90. The fourth-order valence-corrected chi connectivity index (χ4v) is 3.69. The van der Waals surface area contributed by atoms with Crippen molar-refractivity contribution in [3.05, 3.63) is 83.1 Å². The van der Waals surface area contributed by atoms with Crippen LogP contribution in [0.1, 0.15) is 26.3 Å². The maximum absolute atomic E-state index is 14.8. The normalized spacial score (nSPS) is 13.4. The van der Waals surface area contributed by atoms with Crippen LogP contribution >= 0.6 is 0 Å². The van der Waals surface area contributed by atoms with Crippen LogP contribution in [-0.2, 0) is 16.0 Å². The zero-order valence-corrected chi connectivity index (χ0v) is 18.5. The number of pyridine rings is 1. The van der Waals surface area contributed by atoms with Crippen molar-refractivity contribution in [2.45, 2.75) is 6.54 Å². The summed E-state index contributed by atoms with van der Waals surface area (Å²) in [6.07, 6.45) is 1.48. The van der Waals surface area contributed by atoms with Crippen LogP contribution in [0.3, 0.4) is 0 Å². The first-order chi connectivity index (χ1) is 16.5. The summed E-state index contributed by atoms with van der Waals surface area (Å²) in [5, 5.41) is 3.02. The first-order valence-corrected chi connectivity index (χ1v) is 10.7. The summed E-state index contributed by atoms with van der Waals surface area (Å²) < 4.78 is 38.9. The lowest BCUT2D eigenvalue weighted by Gasteiger charge is -2.26. The van der Waals surface area contributed by atoms with Crippen molar-refractivity contribution in [1.29, 1.82) is 0 Å². The SMILES string of the molecule is COC(=O)c1c(F)cccc1-c1ccc(CNc2ccc(C(=O)N3CCOCC3)cn2)c(F)c1. The van der Waals surface area contributed by atoms with Crippen LogP contribution in [0.2, 0.25) is 0 Å². The molecule has 1 aliphatic rings. The third-order valence-electron chi connectivity index (χ3n) is 5.54. The summed E-state index contributed by atoms with van der Waals surface area (Å²) in [6.45, 7) is 2.28. The molecular weight excluding hydrogens is 444 g/mol. The number of nitrogens with zero attached hydrogens (tertiary/aromatic N) is 2. The van der Waals surface area contributed by atoms with Gasteiger partial charge >= 0.3 is 5.97 Å². The van der Waals surface area contributed by atoms with E-state index < -0.39 is 17.6 Å². The second kappa shape index (κ2) is 10.4. The van der Waals surface area contributed by atoms with Crippen molar-refractivity contribution < 1.29 is 27.8 Å². The van der Waals surface area contributed by atoms with Gasteiger partial charge in [-0.25, -0.2) is 18.6 Å². The summed E-state index contributed by atoms with van der Waals surface area (Å²) in [6, 6.07) is 11.9. The Morgan fingerprint density at radius 2 is 1.88 bits per heavy atom. The summed E-state index contributed by atoms with van der Waals surface area (Å²) in [7, 11) is 1.16. The van der Waals surface area contributed by atoms with Crippen molar-refractivity contribution >= 4 is 17.7 Å². The second-order valence-electron chi connectivity index (χ2n) is 7.65. The molecule has 1 aliphatic heterocycles. The van der Waals surface area contributed by atoms with Gasteiger partial charge in [0.1, 0.15) is 23.0 Å². The van der Waals surface area contributed by atoms with Crippen molar-refractivity contribution in [2.75, 3.05) is 38.7 Å². The number of esters is 1. The monoisotopic (exact) mass is 467 g/mol. The Balaban J connectivity index is 1.45. The van der Waals surface area contributed by atoms with Crippen LogP contribution in [0.4, 0.5) is 14.6 Å². The molecule has 1 N–H and O–H groups in total. The number of carbonyl (C=O) groups is 2. The highest BCUT2D eigenvalue weighted by molar-refractivity contribution is 5.97. The van der Waals surface area contributed by atoms with Gasteiger partial charge in [-0.2, -0.15) is 0 Å². The minimum Gasteiger partial charge on any atom is -0.465 e. The molecule has 0 spiro atoms. The van der Waals surface area contributed by atoms with Gasteiger partial charge in [0.2, 0.25) is 0 Å². The minimum atomic E-state index is -0.833. The second-order valence-corrected chi connectivity index (χ2v) is 7.65. The highest BCUT2D eigenvalue weighted by atomic mass is 19.1. The zero-order chi connectivity index (χ0) is 24.1. The molecule has 1 aromatic heterocycles. The molecule has 7 nitrogen and oxygen atoms in total. The van der Waals surface area contributed by atoms with E-state index in [1.165, 1.54) is 24.4 Å². The van der Waals surface area contributed by atoms with E-state index in [1.54, 1.807) is 29.2 Å². The number of nitrogens with one attached hydrogen (secondary N) is 1. The number of methoxy groups -OCH3 is 1. The fourth-order valence-electron chi connectivity index (χ4n) is 3.69. The average molecular weight is 467 g/mol. The van der Waals surface area contributed by atoms with E-state index in [1.807, 2.05) is 0 Å². The number of hydrogen-bond donors (Lipinski definition) is 1. The molecule has 3 aromatic rings. The van der Waals surface area contributed by atoms with Crippen LogP contribution in [0, 0.1) is 11.6 Å². The zero-order valence-electron chi connectivity index (χ0n) is 18.5. The van der Waals surface area contributed by atoms with Crippen LogP contribution in [0.15, 0.2) is 54.7 Å². The molecule has 0 radical (unpaired) electrons. The van der Waals surface area contributed by atoms with Crippen molar-refractivity contribution in [1.82, 2.24) is 9.88 Å². The van der Waals surface area contributed by atoms with E-state index in [-0.39, 0.29) is 23.6 Å². The molecule has 2 heterocycles. The summed E-state index contributed by atoms with van der Waals surface area (Å²) >= 11 is 0. The fraction of sp³-hybridized carbons (Fsp3) is 0.240. The van der Waals surface area contributed by atoms with Gasteiger partial charge in [0.25, 0.3) is 5.91 Å². The van der Waals surface area contributed by atoms with Gasteiger partial charge in [-0.3, -0.25) is 4.79 Å². The third kappa shape index (κ3) is 5.04. The number of ether oxygens (including phenoxy) is 2. The number of benzene rings is 2. The molecule has 4 rings (SSSR count). The van der Waals surface area contributed by atoms with Gasteiger partial charge in [-0.15, -0.1) is 0 Å². The molecule has 0 bridgehead atoms. The van der Waals surface area contributed by atoms with Crippen molar-refractivity contribution in [3.8, 4) is 11.1 Å². The predicted molar refractivity (Wildman–Crippen MR) is 121 cm³/mol. The van der Waals surface area contributed by atoms with Crippen LogP contribution in [-0.4, -0.2) is 55.2 Å². The van der Waals surface area contributed by atoms with Crippen LogP contribution in [0.25, 0.3) is 11.1 Å². The molecule has 0 unspecified atom stereocenters. The van der Waals surface area contributed by atoms with Gasteiger partial charge in [0.05, 0.1) is 25.9 Å². The molecular formula is C25H23F2N3O4. The highest BCUT2D eigenvalue weighted by Gasteiger charge is 2.20. The molecule has 0 atom stereocenters. The Kier molecular flexibility index (Phi) is 7.12. The Morgan fingerprint density at radius 1 is 1.09 bits per heavy atom. The van der Waals surface area contributed by atoms with Crippen molar-refractivity contribution in [3.63, 3.8) is 0 Å². The molecule has 2 aromatic carbocycles. The van der Waals surface area contributed by atoms with E-state index in [4.69, 9.17) is 4.74 Å². The van der Waals surface area contributed by atoms with Crippen LogP contribution in [0.5, 0.6) is 0 Å². The van der Waals surface area contributed by atoms with Crippen LogP contribution < -0.4 is 5.32 Å². The molecule has 34 heavy (non-hydrogen) atoms. The molecule has 1 fully saturated rings. The lowest BCUT2D eigenvalue weighted by Crippen LogP contribution is -2.40. The van der Waals surface area contributed by atoms with E-state index in [2.05, 4.69) is 15.0 Å². The van der Waals surface area contributed by atoms with Crippen molar-refractivity contribution in [2.24, 2.45) is 0 Å². The number of rotatable bonds is 6. The van der Waals surface area contributed by atoms with E-state index in [9.17, 15) is 18.4 Å². The smallest absolute Gasteiger partial charge is 0.341 e. The lowest BCUT2D eigenvalue weighted by molar-refractivity contribution is 0.0302. The third-order valence-corrected chi connectivity index (χ3v) is 5.54. The molecule has 0 aliphatic carbocycles. The average Bonchev–Trinajstić information content (AvgIpc) is 2.87. The molecule has 1 saturated heterocycles. The number of anilines is 1. The lowest BCUT2D eigenvalue weighted by atomic mass is 9.98. The first-order valence-electron chi connectivity index (χ1n) is 10.7. The van der Waals surface area contributed by atoms with Gasteiger partial charge < -0.3 is 19.7 Å². The van der Waals surface area contributed by atoms with Gasteiger partial charge in [0.15, 0.2) is 0 Å². The number of amides is 1. The molecule has 9 heteroatoms. The summed E-state index contributed by atoms with van der Waals surface area (Å²) in [4.78, 5) is 30.5. The quantitative estimate of drug-likeness (QED) is 0.554. The molecule has 176 valence electrons. The number of carbonyl (C=O) groups excluding carboxylic acids is 2. The van der Waals surface area contributed by atoms with Gasteiger partial charge in [-0.1, -0.05) is 24.3 Å². The maximum Gasteiger partial charge on any atom is 0.341 e. The Labute approximate surface area is 195 Å². The molecule has 1 amide bonds. The Bertz CT molecular complexity index is 1200. The number of halogens is 2. The Hall–Kier alpha value is -3.85. The number of hydrogen-bond acceptors (Lipinski definition) is 6. The van der Waals surface area contributed by atoms with E-state index in [0.717, 1.165) is 13.2 Å². The number of aromatic nitrogens is 1. The topological polar surface area (TPSA) is 80.8 Å². The van der Waals surface area contributed by atoms with Gasteiger partial charge in [-0.05, 0) is 35.4 Å². The van der Waals surface area contributed by atoms with Gasteiger partial charge in [0, 0.05) is 31.4 Å².